The van der Waals surface area contributed by atoms with Crippen LogP contribution < -0.4 is 16.0 Å². The second-order valence-electron chi connectivity index (χ2n) is 10.1. The number of nitrogens with zero attached hydrogens (tertiary/aromatic N) is 1. The van der Waals surface area contributed by atoms with Crippen molar-refractivity contribution in [1.82, 2.24) is 16.0 Å². The molecule has 1 atom stereocenters. The summed E-state index contributed by atoms with van der Waals surface area (Å²) in [6.45, 7) is 2.12. The molecule has 214 valence electrons. The van der Waals surface area contributed by atoms with Crippen molar-refractivity contribution in [3.8, 4) is 0 Å². The van der Waals surface area contributed by atoms with E-state index in [9.17, 15) is 19.2 Å². The average molecular weight is 572 g/mol. The highest BCUT2D eigenvalue weighted by Crippen LogP contribution is 2.25. The van der Waals surface area contributed by atoms with Gasteiger partial charge in [-0.25, -0.2) is 4.79 Å². The van der Waals surface area contributed by atoms with Gasteiger partial charge in [0.2, 0.25) is 5.69 Å². The molecule has 3 N–H and O–H groups in total. The maximum absolute atomic E-state index is 13.2. The van der Waals surface area contributed by atoms with Crippen LogP contribution in [0.3, 0.4) is 0 Å². The van der Waals surface area contributed by atoms with Gasteiger partial charge in [0.15, 0.2) is 5.87 Å². The van der Waals surface area contributed by atoms with Gasteiger partial charge in [-0.2, -0.15) is 0 Å². The summed E-state index contributed by atoms with van der Waals surface area (Å²) in [5.74, 6) is 0.783. The maximum Gasteiger partial charge on any atom is 0.426 e. The lowest BCUT2D eigenvalue weighted by Gasteiger charge is -2.18. The van der Waals surface area contributed by atoms with E-state index in [1.54, 1.807) is 36.4 Å². The van der Waals surface area contributed by atoms with Gasteiger partial charge in [-0.15, -0.1) is 0 Å². The quantitative estimate of drug-likeness (QED) is 0.118. The molecule has 1 heterocycles. The molecule has 0 aliphatic carbocycles. The minimum absolute atomic E-state index is 0.00816. The molecule has 0 fully saturated rings. The lowest BCUT2D eigenvalue weighted by atomic mass is 9.99. The van der Waals surface area contributed by atoms with Gasteiger partial charge in [0.25, 0.3) is 5.91 Å². The first kappa shape index (κ1) is 28.9. The summed E-state index contributed by atoms with van der Waals surface area (Å²) in [7, 11) is 0. The number of fused-ring (bicyclic) bond motifs is 2. The summed E-state index contributed by atoms with van der Waals surface area (Å²) < 4.78 is 1.43. The summed E-state index contributed by atoms with van der Waals surface area (Å²) in [5.41, 5.74) is 3.69. The summed E-state index contributed by atoms with van der Waals surface area (Å²) in [6.07, 6.45) is 5.16. The highest BCUT2D eigenvalue weighted by atomic mass is 16.2. The highest BCUT2D eigenvalue weighted by Gasteiger charge is 2.24. The van der Waals surface area contributed by atoms with Crippen molar-refractivity contribution in [3.05, 3.63) is 125 Å². The second kappa shape index (κ2) is 13.4. The Bertz CT molecular complexity index is 1810. The first-order chi connectivity index (χ1) is 20.9. The van der Waals surface area contributed by atoms with Crippen molar-refractivity contribution < 1.29 is 23.8 Å². The van der Waals surface area contributed by atoms with Crippen LogP contribution in [0.15, 0.2) is 103 Å². The molecule has 0 saturated carbocycles. The Hall–Kier alpha value is -5.59. The van der Waals surface area contributed by atoms with Gasteiger partial charge in [0.1, 0.15) is 0 Å². The van der Waals surface area contributed by atoms with E-state index in [2.05, 4.69) is 21.8 Å². The van der Waals surface area contributed by atoms with E-state index in [-0.39, 0.29) is 30.9 Å². The number of hydrogen-bond acceptors (Lipinski definition) is 4. The molecule has 4 aromatic carbocycles. The molecule has 0 bridgehead atoms. The number of carbonyl (C=O) groups is 4. The molecule has 8 nitrogen and oxygen atoms in total. The normalized spacial score (nSPS) is 12.4. The lowest BCUT2D eigenvalue weighted by Crippen LogP contribution is -2.40. The van der Waals surface area contributed by atoms with Crippen LogP contribution in [0.25, 0.3) is 16.8 Å². The molecule has 0 aromatic heterocycles. The van der Waals surface area contributed by atoms with Crippen LogP contribution in [0.4, 0.5) is 5.69 Å². The molecule has 5 rings (SSSR count). The zero-order valence-corrected chi connectivity index (χ0v) is 23.7. The van der Waals surface area contributed by atoms with Crippen molar-refractivity contribution in [3.63, 3.8) is 0 Å². The van der Waals surface area contributed by atoms with Crippen molar-refractivity contribution in [2.24, 2.45) is 0 Å². The molecule has 1 aliphatic heterocycles. The van der Waals surface area contributed by atoms with E-state index >= 15 is 0 Å². The molecular formula is C35H31N4O4+. The van der Waals surface area contributed by atoms with Crippen LogP contribution >= 0.6 is 0 Å². The Morgan fingerprint density at radius 2 is 1.56 bits per heavy atom. The molecule has 4 amide bonds. The molecule has 1 aliphatic rings. The zero-order chi connectivity index (χ0) is 30.2. The van der Waals surface area contributed by atoms with Gasteiger partial charge < -0.3 is 16.0 Å². The number of hydrogen-bond donors (Lipinski definition) is 3. The second-order valence-corrected chi connectivity index (χ2v) is 10.1. The average Bonchev–Trinajstić information content (AvgIpc) is 3.47. The molecule has 0 spiro atoms. The largest absolute Gasteiger partial charge is 0.426 e. The minimum atomic E-state index is -0.812. The monoisotopic (exact) mass is 571 g/mol. The lowest BCUT2D eigenvalue weighted by molar-refractivity contribution is -0.352. The Balaban J connectivity index is 1.10. The minimum Gasteiger partial charge on any atom is -0.348 e. The smallest absolute Gasteiger partial charge is 0.348 e. The first-order valence-electron chi connectivity index (χ1n) is 14.0. The van der Waals surface area contributed by atoms with Gasteiger partial charge in [-0.1, -0.05) is 83.4 Å². The van der Waals surface area contributed by atoms with E-state index in [0.717, 1.165) is 27.6 Å². The third-order valence-electron chi connectivity index (χ3n) is 7.15. The van der Waals surface area contributed by atoms with Crippen molar-refractivity contribution >= 4 is 52.0 Å². The summed E-state index contributed by atoms with van der Waals surface area (Å²) in [4.78, 5) is 50.4. The fourth-order valence-electron chi connectivity index (χ4n) is 4.94. The predicted octanol–water partition coefficient (Wildman–Crippen LogP) is 4.58. The summed E-state index contributed by atoms with van der Waals surface area (Å²) in [5, 5.41) is 10.4. The molecule has 4 aromatic rings. The van der Waals surface area contributed by atoms with Crippen LogP contribution in [0.2, 0.25) is 0 Å². The molecule has 43 heavy (non-hydrogen) atoms. The topological polar surface area (TPSA) is 107 Å². The van der Waals surface area contributed by atoms with Gasteiger partial charge in [-0.05, 0) is 47.4 Å². The molecule has 1 unspecified atom stereocenters. The molecule has 0 saturated heterocycles. The van der Waals surface area contributed by atoms with Gasteiger partial charge >= 0.3 is 17.7 Å². The highest BCUT2D eigenvalue weighted by molar-refractivity contribution is 6.35. The van der Waals surface area contributed by atoms with Crippen LogP contribution in [-0.2, 0) is 20.9 Å². The standard InChI is InChI=1S/C35H30N4O4/c1-24(28-17-10-14-25-11-2-5-15-29(25)28)38-33(41)30-16-6-3-13-27(30)23-37-35(43)34(42)36-21-9-8-19-32(40)39-22-20-26-12-4-7-18-31(26)39/h2-8,10-20,24H,9,21,23H2,1H3,(H2-,36,37,38,41,42,43)/p+1/b19-8+. The van der Waals surface area contributed by atoms with E-state index < -0.39 is 11.8 Å². The Labute approximate surface area is 249 Å². The van der Waals surface area contributed by atoms with Crippen molar-refractivity contribution in [1.29, 1.82) is 0 Å². The van der Waals surface area contributed by atoms with E-state index in [4.69, 9.17) is 0 Å². The Kier molecular flexibility index (Phi) is 9.00. The predicted molar refractivity (Wildman–Crippen MR) is 166 cm³/mol. The van der Waals surface area contributed by atoms with E-state index in [1.807, 2.05) is 73.7 Å². The number of benzene rings is 4. The van der Waals surface area contributed by atoms with Crippen LogP contribution in [0, 0.1) is 0 Å². The third kappa shape index (κ3) is 6.84. The van der Waals surface area contributed by atoms with Crippen LogP contribution in [0.1, 0.15) is 46.4 Å². The number of para-hydroxylation sites is 1. The molecular weight excluding hydrogens is 540 g/mol. The first-order valence-corrected chi connectivity index (χ1v) is 14.0. The molecule has 0 radical (unpaired) electrons. The van der Waals surface area contributed by atoms with E-state index in [1.165, 1.54) is 10.7 Å². The Morgan fingerprint density at radius 1 is 0.837 bits per heavy atom. The Morgan fingerprint density at radius 3 is 2.44 bits per heavy atom. The third-order valence-corrected chi connectivity index (χ3v) is 7.15. The van der Waals surface area contributed by atoms with Crippen LogP contribution in [-0.4, -0.2) is 40.6 Å². The molecule has 8 heteroatoms. The maximum atomic E-state index is 13.2. The van der Waals surface area contributed by atoms with Gasteiger partial charge in [0, 0.05) is 24.7 Å². The van der Waals surface area contributed by atoms with E-state index in [0.29, 0.717) is 17.5 Å². The number of rotatable bonds is 9. The fraction of sp³-hybridized carbons (Fsp3) is 0.143. The number of nitrogens with one attached hydrogen (secondary N) is 3. The number of amides is 4. The van der Waals surface area contributed by atoms with Gasteiger partial charge in [-0.3, -0.25) is 14.4 Å². The van der Waals surface area contributed by atoms with Crippen molar-refractivity contribution in [2.45, 2.75) is 25.9 Å². The zero-order valence-electron chi connectivity index (χ0n) is 23.7. The summed E-state index contributed by atoms with van der Waals surface area (Å²) >= 11 is 0. The summed E-state index contributed by atoms with van der Waals surface area (Å²) in [6, 6.07) is 28.2. The van der Waals surface area contributed by atoms with Gasteiger partial charge in [0.05, 0.1) is 23.8 Å². The number of carbonyl (C=O) groups excluding carboxylic acids is 4. The SMILES string of the molecule is CC(NC(=O)c1ccccc1CNC(=O)C(=O)NCC/C=C/C(=O)[N+]1=C=Cc2ccccc21)c1cccc2ccccc12. The van der Waals surface area contributed by atoms with Crippen LogP contribution in [0.5, 0.6) is 0 Å². The van der Waals surface area contributed by atoms with Crippen molar-refractivity contribution in [2.75, 3.05) is 6.54 Å². The fourth-order valence-corrected chi connectivity index (χ4v) is 4.94.